The molecule has 2 rings (SSSR count). The van der Waals surface area contributed by atoms with Gasteiger partial charge in [0.2, 0.25) is 0 Å². The van der Waals surface area contributed by atoms with Crippen molar-refractivity contribution in [3.63, 3.8) is 0 Å². The fraction of sp³-hybridized carbons (Fsp3) is 0.308. The van der Waals surface area contributed by atoms with Crippen LogP contribution in [0.3, 0.4) is 0 Å². The second kappa shape index (κ2) is 4.57. The lowest BCUT2D eigenvalue weighted by atomic mass is 10.1. The van der Waals surface area contributed by atoms with Crippen molar-refractivity contribution in [2.75, 3.05) is 6.54 Å². The second-order valence-electron chi connectivity index (χ2n) is 4.14. The molecular weight excluding hydrogens is 221 g/mol. The van der Waals surface area contributed by atoms with E-state index in [4.69, 9.17) is 5.11 Å². The van der Waals surface area contributed by atoms with Crippen LogP contribution in [0.1, 0.15) is 23.2 Å². The van der Waals surface area contributed by atoms with E-state index in [2.05, 4.69) is 6.58 Å². The molecule has 1 aliphatic rings. The van der Waals surface area contributed by atoms with Crippen molar-refractivity contribution in [1.29, 1.82) is 0 Å². The summed E-state index contributed by atoms with van der Waals surface area (Å²) in [5.74, 6) is -1.21. The normalized spacial score (nSPS) is 14.4. The van der Waals surface area contributed by atoms with Crippen LogP contribution in [0.2, 0.25) is 0 Å². The fourth-order valence-corrected chi connectivity index (χ4v) is 1.76. The summed E-state index contributed by atoms with van der Waals surface area (Å²) in [5.41, 5.74) is -0.00319. The van der Waals surface area contributed by atoms with Crippen molar-refractivity contribution in [3.05, 3.63) is 42.2 Å². The SMILES string of the molecule is C=CCN(C(=O)c1ccc(O)cc1F)C1CC1. The number of hydrogen-bond acceptors (Lipinski definition) is 2. The van der Waals surface area contributed by atoms with Crippen LogP contribution < -0.4 is 0 Å². The number of amides is 1. The number of rotatable bonds is 4. The summed E-state index contributed by atoms with van der Waals surface area (Å²) in [5, 5.41) is 9.10. The highest BCUT2D eigenvalue weighted by atomic mass is 19.1. The van der Waals surface area contributed by atoms with Gasteiger partial charge in [-0.15, -0.1) is 6.58 Å². The first-order chi connectivity index (χ1) is 8.13. The Kier molecular flexibility index (Phi) is 3.13. The standard InChI is InChI=1S/C13H14FNO2/c1-2-7-15(9-3-4-9)13(17)11-6-5-10(16)8-12(11)14/h2,5-6,8-9,16H,1,3-4,7H2. The lowest BCUT2D eigenvalue weighted by Crippen LogP contribution is -2.33. The molecule has 0 saturated heterocycles. The van der Waals surface area contributed by atoms with Gasteiger partial charge in [0.1, 0.15) is 11.6 Å². The molecule has 1 saturated carbocycles. The molecular formula is C13H14FNO2. The Morgan fingerprint density at radius 2 is 2.29 bits per heavy atom. The van der Waals surface area contributed by atoms with E-state index in [1.807, 2.05) is 0 Å². The number of carbonyl (C=O) groups is 1. The van der Waals surface area contributed by atoms with Crippen LogP contribution in [-0.4, -0.2) is 28.5 Å². The van der Waals surface area contributed by atoms with E-state index in [0.29, 0.717) is 6.54 Å². The maximum Gasteiger partial charge on any atom is 0.257 e. The summed E-state index contributed by atoms with van der Waals surface area (Å²) in [4.78, 5) is 13.7. The zero-order chi connectivity index (χ0) is 12.4. The Labute approximate surface area is 99.2 Å². The highest BCUT2D eigenvalue weighted by Gasteiger charge is 2.33. The van der Waals surface area contributed by atoms with Gasteiger partial charge in [-0.25, -0.2) is 4.39 Å². The largest absolute Gasteiger partial charge is 0.508 e. The quantitative estimate of drug-likeness (QED) is 0.814. The van der Waals surface area contributed by atoms with Gasteiger partial charge in [-0.1, -0.05) is 6.08 Å². The molecule has 1 fully saturated rings. The molecule has 0 bridgehead atoms. The van der Waals surface area contributed by atoms with Crippen LogP contribution in [0, 0.1) is 5.82 Å². The molecule has 0 heterocycles. The molecule has 3 nitrogen and oxygen atoms in total. The smallest absolute Gasteiger partial charge is 0.257 e. The summed E-state index contributed by atoms with van der Waals surface area (Å²) < 4.78 is 13.6. The third-order valence-electron chi connectivity index (χ3n) is 2.76. The van der Waals surface area contributed by atoms with Crippen molar-refractivity contribution in [2.45, 2.75) is 18.9 Å². The highest BCUT2D eigenvalue weighted by molar-refractivity contribution is 5.95. The van der Waals surface area contributed by atoms with Crippen LogP contribution in [0.4, 0.5) is 4.39 Å². The molecule has 1 N–H and O–H groups in total. The molecule has 4 heteroatoms. The van der Waals surface area contributed by atoms with Crippen molar-refractivity contribution in [1.82, 2.24) is 4.90 Å². The maximum absolute atomic E-state index is 13.6. The fourth-order valence-electron chi connectivity index (χ4n) is 1.76. The lowest BCUT2D eigenvalue weighted by Gasteiger charge is -2.20. The number of phenols is 1. The summed E-state index contributed by atoms with van der Waals surface area (Å²) in [6, 6.07) is 3.78. The summed E-state index contributed by atoms with van der Waals surface area (Å²) in [6.45, 7) is 4.02. The van der Waals surface area contributed by atoms with Crippen LogP contribution in [-0.2, 0) is 0 Å². The molecule has 1 aromatic carbocycles. The van der Waals surface area contributed by atoms with Gasteiger partial charge < -0.3 is 10.0 Å². The Hall–Kier alpha value is -1.84. The van der Waals surface area contributed by atoms with Crippen molar-refractivity contribution >= 4 is 5.91 Å². The van der Waals surface area contributed by atoms with Gasteiger partial charge in [0.05, 0.1) is 5.56 Å². The minimum Gasteiger partial charge on any atom is -0.508 e. The van der Waals surface area contributed by atoms with Gasteiger partial charge in [0.15, 0.2) is 0 Å². The third kappa shape index (κ3) is 2.46. The number of halogens is 1. The Morgan fingerprint density at radius 3 is 2.82 bits per heavy atom. The predicted molar refractivity (Wildman–Crippen MR) is 62.3 cm³/mol. The molecule has 0 aliphatic heterocycles. The van der Waals surface area contributed by atoms with Crippen molar-refractivity contribution in [3.8, 4) is 5.75 Å². The number of hydrogen-bond donors (Lipinski definition) is 1. The number of nitrogens with zero attached hydrogens (tertiary/aromatic N) is 1. The Morgan fingerprint density at radius 1 is 1.59 bits per heavy atom. The average molecular weight is 235 g/mol. The zero-order valence-electron chi connectivity index (χ0n) is 9.40. The number of benzene rings is 1. The average Bonchev–Trinajstić information content (AvgIpc) is 3.09. The van der Waals surface area contributed by atoms with Crippen LogP contribution in [0.15, 0.2) is 30.9 Å². The lowest BCUT2D eigenvalue weighted by molar-refractivity contribution is 0.0758. The summed E-state index contributed by atoms with van der Waals surface area (Å²) in [7, 11) is 0. The molecule has 1 aromatic rings. The minimum atomic E-state index is -0.690. The van der Waals surface area contributed by atoms with Gasteiger partial charge in [0, 0.05) is 18.7 Å². The second-order valence-corrected chi connectivity index (χ2v) is 4.14. The molecule has 1 amide bonds. The molecule has 0 atom stereocenters. The highest BCUT2D eigenvalue weighted by Crippen LogP contribution is 2.29. The maximum atomic E-state index is 13.6. The van der Waals surface area contributed by atoms with E-state index in [0.717, 1.165) is 18.9 Å². The molecule has 90 valence electrons. The van der Waals surface area contributed by atoms with E-state index < -0.39 is 5.82 Å². The molecule has 0 radical (unpaired) electrons. The van der Waals surface area contributed by atoms with Gasteiger partial charge >= 0.3 is 0 Å². The Bertz CT molecular complexity index is 455. The van der Waals surface area contributed by atoms with Gasteiger partial charge in [-0.2, -0.15) is 0 Å². The molecule has 17 heavy (non-hydrogen) atoms. The molecule has 1 aliphatic carbocycles. The van der Waals surface area contributed by atoms with E-state index in [1.165, 1.54) is 12.1 Å². The topological polar surface area (TPSA) is 40.5 Å². The number of aromatic hydroxyl groups is 1. The third-order valence-corrected chi connectivity index (χ3v) is 2.76. The predicted octanol–water partition coefficient (Wildman–Crippen LogP) is 2.32. The zero-order valence-corrected chi connectivity index (χ0v) is 9.40. The van der Waals surface area contributed by atoms with Crippen molar-refractivity contribution in [2.24, 2.45) is 0 Å². The van der Waals surface area contributed by atoms with Crippen molar-refractivity contribution < 1.29 is 14.3 Å². The van der Waals surface area contributed by atoms with Gasteiger partial charge in [0.25, 0.3) is 5.91 Å². The summed E-state index contributed by atoms with van der Waals surface area (Å²) >= 11 is 0. The van der Waals surface area contributed by atoms with Gasteiger partial charge in [-0.05, 0) is 25.0 Å². The molecule has 0 aromatic heterocycles. The van der Waals surface area contributed by atoms with Crippen LogP contribution >= 0.6 is 0 Å². The first-order valence-corrected chi connectivity index (χ1v) is 5.54. The number of carbonyl (C=O) groups excluding carboxylic acids is 1. The van der Waals surface area contributed by atoms with E-state index in [-0.39, 0.29) is 23.3 Å². The van der Waals surface area contributed by atoms with Gasteiger partial charge in [-0.3, -0.25) is 4.79 Å². The van der Waals surface area contributed by atoms with Crippen LogP contribution in [0.5, 0.6) is 5.75 Å². The molecule has 0 spiro atoms. The van der Waals surface area contributed by atoms with Crippen LogP contribution in [0.25, 0.3) is 0 Å². The monoisotopic (exact) mass is 235 g/mol. The first kappa shape index (κ1) is 11.6. The molecule has 0 unspecified atom stereocenters. The minimum absolute atomic E-state index is 0.00319. The van der Waals surface area contributed by atoms with E-state index in [9.17, 15) is 9.18 Å². The van der Waals surface area contributed by atoms with E-state index >= 15 is 0 Å². The number of phenolic OH excluding ortho intramolecular Hbond substituents is 1. The first-order valence-electron chi connectivity index (χ1n) is 5.54. The summed E-state index contributed by atoms with van der Waals surface area (Å²) in [6.07, 6.45) is 3.55. The van der Waals surface area contributed by atoms with E-state index in [1.54, 1.807) is 11.0 Å². The Balaban J connectivity index is 2.24.